The Morgan fingerprint density at radius 1 is 1.37 bits per heavy atom. The van der Waals surface area contributed by atoms with Crippen molar-refractivity contribution in [2.45, 2.75) is 26.7 Å². The van der Waals surface area contributed by atoms with E-state index in [2.05, 4.69) is 25.4 Å². The highest BCUT2D eigenvalue weighted by Gasteiger charge is 2.03. The van der Waals surface area contributed by atoms with Crippen molar-refractivity contribution in [2.75, 3.05) is 18.5 Å². The van der Waals surface area contributed by atoms with Crippen LogP contribution in [0.1, 0.15) is 25.1 Å². The molecule has 0 aliphatic heterocycles. The van der Waals surface area contributed by atoms with Gasteiger partial charge in [-0.3, -0.25) is 0 Å². The summed E-state index contributed by atoms with van der Waals surface area (Å²) in [4.78, 5) is 12.3. The van der Waals surface area contributed by atoms with Gasteiger partial charge in [0.15, 0.2) is 5.82 Å². The first-order valence-electron chi connectivity index (χ1n) is 6.26. The van der Waals surface area contributed by atoms with Gasteiger partial charge in [-0.15, -0.1) is 0 Å². The Labute approximate surface area is 111 Å². The van der Waals surface area contributed by atoms with E-state index in [9.17, 15) is 0 Å². The second-order valence-electron chi connectivity index (χ2n) is 4.00. The van der Waals surface area contributed by atoms with Gasteiger partial charge in [-0.1, -0.05) is 12.1 Å². The molecular weight excluding hydrogens is 246 g/mol. The van der Waals surface area contributed by atoms with Gasteiger partial charge >= 0.3 is 0 Å². The molecule has 0 bridgehead atoms. The minimum absolute atomic E-state index is 0.576. The van der Waals surface area contributed by atoms with Crippen LogP contribution in [0.5, 0.6) is 5.88 Å². The quantitative estimate of drug-likeness (QED) is 0.812. The largest absolute Gasteiger partial charge is 0.478 e. The predicted octanol–water partition coefficient (Wildman–Crippen LogP) is 1.61. The molecule has 102 valence electrons. The molecule has 7 heteroatoms. The monoisotopic (exact) mass is 263 g/mol. The normalized spacial score (nSPS) is 10.4. The first-order chi connectivity index (χ1) is 9.28. The first-order valence-corrected chi connectivity index (χ1v) is 6.26. The van der Waals surface area contributed by atoms with Crippen molar-refractivity contribution in [2.24, 2.45) is 0 Å². The van der Waals surface area contributed by atoms with Crippen molar-refractivity contribution in [1.82, 2.24) is 20.1 Å². The molecule has 0 amide bonds. The second kappa shape index (κ2) is 6.67. The summed E-state index contributed by atoms with van der Waals surface area (Å²) in [5.41, 5.74) is 0. The highest BCUT2D eigenvalue weighted by molar-refractivity contribution is 5.36. The number of anilines is 1. The first kappa shape index (κ1) is 13.3. The van der Waals surface area contributed by atoms with Gasteiger partial charge < -0.3 is 14.6 Å². The lowest BCUT2D eigenvalue weighted by molar-refractivity contribution is 0.305. The van der Waals surface area contributed by atoms with Crippen LogP contribution in [0.2, 0.25) is 0 Å². The minimum Gasteiger partial charge on any atom is -0.478 e. The van der Waals surface area contributed by atoms with E-state index in [-0.39, 0.29) is 0 Å². The fourth-order valence-electron chi connectivity index (χ4n) is 1.47. The van der Waals surface area contributed by atoms with Crippen molar-refractivity contribution in [3.05, 3.63) is 24.1 Å². The molecule has 0 saturated carbocycles. The molecule has 2 rings (SSSR count). The predicted molar refractivity (Wildman–Crippen MR) is 69.0 cm³/mol. The van der Waals surface area contributed by atoms with Crippen LogP contribution in [0.25, 0.3) is 0 Å². The van der Waals surface area contributed by atoms with E-state index in [4.69, 9.17) is 9.26 Å². The molecule has 0 atom stereocenters. The van der Waals surface area contributed by atoms with E-state index in [1.54, 1.807) is 13.0 Å². The Kier molecular flexibility index (Phi) is 4.66. The fourth-order valence-corrected chi connectivity index (χ4v) is 1.47. The lowest BCUT2D eigenvalue weighted by Crippen LogP contribution is -2.08. The average molecular weight is 263 g/mol. The van der Waals surface area contributed by atoms with Gasteiger partial charge in [-0.05, 0) is 6.42 Å². The summed E-state index contributed by atoms with van der Waals surface area (Å²) in [6.07, 6.45) is 3.10. The number of aryl methyl sites for hydroxylation is 1. The molecule has 2 aromatic rings. The summed E-state index contributed by atoms with van der Waals surface area (Å²) in [6.45, 7) is 5.14. The molecule has 19 heavy (non-hydrogen) atoms. The number of nitrogens with one attached hydrogen (secondary N) is 1. The summed E-state index contributed by atoms with van der Waals surface area (Å²) in [5.74, 6) is 2.56. The van der Waals surface area contributed by atoms with Crippen molar-refractivity contribution in [3.8, 4) is 5.88 Å². The van der Waals surface area contributed by atoms with E-state index in [0.29, 0.717) is 37.2 Å². The maximum absolute atomic E-state index is 5.43. The van der Waals surface area contributed by atoms with E-state index in [1.807, 2.05) is 6.92 Å². The number of rotatable bonds is 7. The Bertz CT molecular complexity index is 514. The SMILES string of the molecule is CCCOc1cc(NCCc2noc(C)n2)ncn1. The van der Waals surface area contributed by atoms with Gasteiger partial charge in [0.05, 0.1) is 6.61 Å². The van der Waals surface area contributed by atoms with E-state index in [1.165, 1.54) is 6.33 Å². The van der Waals surface area contributed by atoms with Crippen molar-refractivity contribution >= 4 is 5.82 Å². The molecule has 0 aliphatic carbocycles. The van der Waals surface area contributed by atoms with Gasteiger partial charge in [0.25, 0.3) is 0 Å². The van der Waals surface area contributed by atoms with Crippen LogP contribution < -0.4 is 10.1 Å². The highest BCUT2D eigenvalue weighted by atomic mass is 16.5. The van der Waals surface area contributed by atoms with Crippen LogP contribution in [0.4, 0.5) is 5.82 Å². The van der Waals surface area contributed by atoms with E-state index < -0.39 is 0 Å². The number of hydrogen-bond donors (Lipinski definition) is 1. The molecule has 2 heterocycles. The minimum atomic E-state index is 0.576. The molecular formula is C12H17N5O2. The molecule has 0 aliphatic rings. The molecule has 7 nitrogen and oxygen atoms in total. The smallest absolute Gasteiger partial charge is 0.223 e. The Balaban J connectivity index is 1.82. The maximum Gasteiger partial charge on any atom is 0.223 e. The van der Waals surface area contributed by atoms with Gasteiger partial charge in [0, 0.05) is 26.0 Å². The van der Waals surface area contributed by atoms with Crippen LogP contribution >= 0.6 is 0 Å². The highest BCUT2D eigenvalue weighted by Crippen LogP contribution is 2.11. The van der Waals surface area contributed by atoms with Crippen LogP contribution in [-0.4, -0.2) is 33.3 Å². The van der Waals surface area contributed by atoms with E-state index >= 15 is 0 Å². The standard InChI is InChI=1S/C12H17N5O2/c1-3-6-18-12-7-11(14-8-15-12)13-5-4-10-16-9(2)19-17-10/h7-8H,3-6H2,1-2H3,(H,13,14,15). The summed E-state index contributed by atoms with van der Waals surface area (Å²) in [5, 5.41) is 6.99. The number of hydrogen-bond acceptors (Lipinski definition) is 7. The third-order valence-electron chi connectivity index (χ3n) is 2.32. The Hall–Kier alpha value is -2.18. The molecule has 0 radical (unpaired) electrons. The van der Waals surface area contributed by atoms with Crippen LogP contribution in [0.3, 0.4) is 0 Å². The van der Waals surface area contributed by atoms with E-state index in [0.717, 1.165) is 12.2 Å². The topological polar surface area (TPSA) is 86.0 Å². The third-order valence-corrected chi connectivity index (χ3v) is 2.32. The Morgan fingerprint density at radius 2 is 2.26 bits per heavy atom. The van der Waals surface area contributed by atoms with Crippen molar-refractivity contribution in [3.63, 3.8) is 0 Å². The summed E-state index contributed by atoms with van der Waals surface area (Å²) in [6, 6.07) is 1.77. The van der Waals surface area contributed by atoms with Crippen molar-refractivity contribution in [1.29, 1.82) is 0 Å². The number of nitrogens with zero attached hydrogens (tertiary/aromatic N) is 4. The zero-order valence-corrected chi connectivity index (χ0v) is 11.1. The molecule has 0 aromatic carbocycles. The zero-order valence-electron chi connectivity index (χ0n) is 11.1. The van der Waals surface area contributed by atoms with Gasteiger partial charge in [-0.25, -0.2) is 9.97 Å². The lowest BCUT2D eigenvalue weighted by Gasteiger charge is -2.06. The fraction of sp³-hybridized carbons (Fsp3) is 0.500. The molecule has 2 aromatic heterocycles. The van der Waals surface area contributed by atoms with Gasteiger partial charge in [0.2, 0.25) is 11.8 Å². The summed E-state index contributed by atoms with van der Waals surface area (Å²) >= 11 is 0. The number of aromatic nitrogens is 4. The Morgan fingerprint density at radius 3 is 3.00 bits per heavy atom. The van der Waals surface area contributed by atoms with Gasteiger partial charge in [-0.2, -0.15) is 4.98 Å². The summed E-state index contributed by atoms with van der Waals surface area (Å²) < 4.78 is 10.3. The summed E-state index contributed by atoms with van der Waals surface area (Å²) in [7, 11) is 0. The molecule has 0 spiro atoms. The van der Waals surface area contributed by atoms with Crippen molar-refractivity contribution < 1.29 is 9.26 Å². The zero-order chi connectivity index (χ0) is 13.5. The lowest BCUT2D eigenvalue weighted by atomic mass is 10.4. The number of ether oxygens (including phenoxy) is 1. The molecule has 1 N–H and O–H groups in total. The van der Waals surface area contributed by atoms with Crippen LogP contribution in [0.15, 0.2) is 16.9 Å². The molecule has 0 fully saturated rings. The molecule has 0 saturated heterocycles. The average Bonchev–Trinajstić information content (AvgIpc) is 2.83. The van der Waals surface area contributed by atoms with Gasteiger partial charge in [0.1, 0.15) is 12.1 Å². The molecule has 0 unspecified atom stereocenters. The van der Waals surface area contributed by atoms with Crippen LogP contribution in [0, 0.1) is 6.92 Å². The maximum atomic E-state index is 5.43. The second-order valence-corrected chi connectivity index (χ2v) is 4.00. The third kappa shape index (κ3) is 4.20. The van der Waals surface area contributed by atoms with Crippen LogP contribution in [-0.2, 0) is 6.42 Å².